The molecule has 2 aromatic carbocycles. The number of carbonyl (C=O) groups excluding carboxylic acids is 1. The van der Waals surface area contributed by atoms with E-state index in [1.54, 1.807) is 29.6 Å². The van der Waals surface area contributed by atoms with E-state index in [1.807, 2.05) is 89.2 Å². The van der Waals surface area contributed by atoms with Gasteiger partial charge in [0.15, 0.2) is 0 Å². The summed E-state index contributed by atoms with van der Waals surface area (Å²) in [6, 6.07) is 18.6. The number of nitrogens with one attached hydrogen (secondary N) is 1. The lowest BCUT2D eigenvalue weighted by atomic mass is 9.80. The van der Waals surface area contributed by atoms with Crippen molar-refractivity contribution in [3.8, 4) is 5.75 Å². The van der Waals surface area contributed by atoms with Gasteiger partial charge >= 0.3 is 6.09 Å². The van der Waals surface area contributed by atoms with Crippen molar-refractivity contribution in [2.24, 2.45) is 0 Å². The first-order valence-electron chi connectivity index (χ1n) is 12.5. The second-order valence-electron chi connectivity index (χ2n) is 10.1. The number of nitrogens with zero attached hydrogens (tertiary/aromatic N) is 2. The van der Waals surface area contributed by atoms with Crippen LogP contribution in [0.1, 0.15) is 51.3 Å². The predicted molar refractivity (Wildman–Crippen MR) is 144 cm³/mol. The molecule has 194 valence electrons. The van der Waals surface area contributed by atoms with Crippen LogP contribution in [0.5, 0.6) is 5.75 Å². The summed E-state index contributed by atoms with van der Waals surface area (Å²) >= 11 is 0. The van der Waals surface area contributed by atoms with Crippen LogP contribution in [0.3, 0.4) is 0 Å². The van der Waals surface area contributed by atoms with E-state index in [9.17, 15) is 9.90 Å². The van der Waals surface area contributed by atoms with Gasteiger partial charge in [-0.1, -0.05) is 48.5 Å². The van der Waals surface area contributed by atoms with Gasteiger partial charge in [0.1, 0.15) is 23.6 Å². The summed E-state index contributed by atoms with van der Waals surface area (Å²) in [6.45, 7) is 9.95. The summed E-state index contributed by atoms with van der Waals surface area (Å²) in [5, 5.41) is 13.3. The van der Waals surface area contributed by atoms with Crippen molar-refractivity contribution in [3.63, 3.8) is 0 Å². The molecule has 0 aliphatic rings. The minimum absolute atomic E-state index is 0.354. The van der Waals surface area contributed by atoms with E-state index in [4.69, 9.17) is 9.47 Å². The fourth-order valence-electron chi connectivity index (χ4n) is 4.61. The number of pyridine rings is 1. The van der Waals surface area contributed by atoms with E-state index in [0.717, 1.165) is 16.5 Å². The third-order valence-electron chi connectivity index (χ3n) is 6.47. The lowest BCUT2D eigenvalue weighted by Crippen LogP contribution is -2.53. The number of likely N-dealkylation sites (N-methyl/N-ethyl adjacent to an activating group) is 1. The summed E-state index contributed by atoms with van der Waals surface area (Å²) in [5.74, 6) is 0.674. The molecule has 4 aromatic rings. The monoisotopic (exact) mass is 501 g/mol. The van der Waals surface area contributed by atoms with E-state index in [0.29, 0.717) is 30.0 Å². The number of carbonyl (C=O) groups is 1. The van der Waals surface area contributed by atoms with Gasteiger partial charge in [-0.15, -0.1) is 0 Å². The summed E-state index contributed by atoms with van der Waals surface area (Å²) in [6.07, 6.45) is 4.59. The van der Waals surface area contributed by atoms with Crippen molar-refractivity contribution in [3.05, 3.63) is 95.9 Å². The number of benzene rings is 2. The standard InChI is InChI=1S/C30H35N3O4/c1-6-33(28(34)37-29(3,4)5)21(2)30(35,23-14-11-17-31-18-23)25-19-32-27-24(25)15-10-16-26(27)36-20-22-12-8-7-9-13-22/h7-19,21,32,35H,6,20H2,1-5H3/t21-,30+/m1/s1. The van der Waals surface area contributed by atoms with Crippen molar-refractivity contribution in [1.82, 2.24) is 14.9 Å². The number of aromatic amines is 1. The Balaban J connectivity index is 1.78. The van der Waals surface area contributed by atoms with Crippen molar-refractivity contribution < 1.29 is 19.4 Å². The molecule has 0 unspecified atom stereocenters. The molecule has 4 rings (SSSR count). The molecule has 0 radical (unpaired) electrons. The number of para-hydroxylation sites is 1. The van der Waals surface area contributed by atoms with Crippen LogP contribution in [0.15, 0.2) is 79.3 Å². The van der Waals surface area contributed by atoms with E-state index in [-0.39, 0.29) is 0 Å². The minimum atomic E-state index is -1.59. The Bertz CT molecular complexity index is 1330. The Hall–Kier alpha value is -3.84. The second kappa shape index (κ2) is 10.6. The van der Waals surface area contributed by atoms with E-state index in [1.165, 1.54) is 0 Å². The van der Waals surface area contributed by atoms with Crippen LogP contribution in [-0.4, -0.2) is 44.3 Å². The maximum Gasteiger partial charge on any atom is 0.410 e. The molecule has 0 fully saturated rings. The summed E-state index contributed by atoms with van der Waals surface area (Å²) in [7, 11) is 0. The van der Waals surface area contributed by atoms with Crippen molar-refractivity contribution in [1.29, 1.82) is 0 Å². The fourth-order valence-corrected chi connectivity index (χ4v) is 4.61. The highest BCUT2D eigenvalue weighted by Crippen LogP contribution is 2.41. The maximum atomic E-state index is 13.2. The van der Waals surface area contributed by atoms with Gasteiger partial charge in [-0.05, 0) is 52.3 Å². The van der Waals surface area contributed by atoms with Crippen LogP contribution in [-0.2, 0) is 16.9 Å². The quantitative estimate of drug-likeness (QED) is 0.308. The van der Waals surface area contributed by atoms with Gasteiger partial charge in [-0.25, -0.2) is 4.79 Å². The molecule has 7 heteroatoms. The number of hydrogen-bond acceptors (Lipinski definition) is 5. The third-order valence-corrected chi connectivity index (χ3v) is 6.47. The zero-order chi connectivity index (χ0) is 26.6. The highest BCUT2D eigenvalue weighted by Gasteiger charge is 2.45. The predicted octanol–water partition coefficient (Wildman–Crippen LogP) is 6.02. The Kier molecular flexibility index (Phi) is 7.55. The highest BCUT2D eigenvalue weighted by molar-refractivity contribution is 5.89. The summed E-state index contributed by atoms with van der Waals surface area (Å²) in [4.78, 5) is 22.3. The van der Waals surface area contributed by atoms with Gasteiger partial charge in [-0.2, -0.15) is 0 Å². The van der Waals surface area contributed by atoms with Gasteiger partial charge in [-0.3, -0.25) is 4.98 Å². The van der Waals surface area contributed by atoms with Gasteiger partial charge < -0.3 is 24.5 Å². The van der Waals surface area contributed by atoms with Gasteiger partial charge in [0.25, 0.3) is 0 Å². The first-order valence-corrected chi connectivity index (χ1v) is 12.5. The highest BCUT2D eigenvalue weighted by atomic mass is 16.6. The first-order chi connectivity index (χ1) is 17.6. The molecule has 7 nitrogen and oxygen atoms in total. The topological polar surface area (TPSA) is 87.7 Å². The molecule has 0 saturated carbocycles. The molecule has 0 saturated heterocycles. The maximum absolute atomic E-state index is 13.2. The number of hydrogen-bond donors (Lipinski definition) is 2. The summed E-state index contributed by atoms with van der Waals surface area (Å²) in [5.41, 5.74) is 0.766. The third kappa shape index (κ3) is 5.47. The molecule has 1 amide bonds. The van der Waals surface area contributed by atoms with Crippen LogP contribution in [0.25, 0.3) is 10.9 Å². The van der Waals surface area contributed by atoms with Crippen LogP contribution in [0.4, 0.5) is 4.79 Å². The molecule has 2 atom stereocenters. The molecule has 2 aromatic heterocycles. The van der Waals surface area contributed by atoms with Crippen molar-refractivity contribution in [2.45, 2.75) is 58.5 Å². The minimum Gasteiger partial charge on any atom is -0.487 e. The lowest BCUT2D eigenvalue weighted by Gasteiger charge is -2.41. The number of amides is 1. The van der Waals surface area contributed by atoms with Crippen molar-refractivity contribution in [2.75, 3.05) is 6.54 Å². The fraction of sp³-hybridized carbons (Fsp3) is 0.333. The number of ether oxygens (including phenoxy) is 2. The SMILES string of the molecule is CCN(C(=O)OC(C)(C)C)[C@H](C)[C@](O)(c1cccnc1)c1c[nH]c2c(OCc3ccccc3)cccc12. The zero-order valence-electron chi connectivity index (χ0n) is 22.1. The normalized spacial score (nSPS) is 14.1. The van der Waals surface area contributed by atoms with Gasteiger partial charge in [0, 0.05) is 41.6 Å². The second-order valence-corrected chi connectivity index (χ2v) is 10.1. The van der Waals surface area contributed by atoms with Gasteiger partial charge in [0.05, 0.1) is 11.6 Å². The molecule has 0 bridgehead atoms. The molecule has 0 spiro atoms. The van der Waals surface area contributed by atoms with E-state index in [2.05, 4.69) is 9.97 Å². The van der Waals surface area contributed by atoms with Crippen molar-refractivity contribution >= 4 is 17.0 Å². The average molecular weight is 502 g/mol. The Morgan fingerprint density at radius 3 is 2.49 bits per heavy atom. The number of aromatic nitrogens is 2. The lowest BCUT2D eigenvalue weighted by molar-refractivity contribution is -0.0309. The number of rotatable bonds is 8. The Labute approximate surface area is 218 Å². The summed E-state index contributed by atoms with van der Waals surface area (Å²) < 4.78 is 11.8. The number of H-pyrrole nitrogens is 1. The Morgan fingerprint density at radius 1 is 1.08 bits per heavy atom. The van der Waals surface area contributed by atoms with Crippen LogP contribution < -0.4 is 4.74 Å². The average Bonchev–Trinajstić information content (AvgIpc) is 3.33. The van der Waals surface area contributed by atoms with E-state index < -0.39 is 23.3 Å². The van der Waals surface area contributed by atoms with Gasteiger partial charge in [0.2, 0.25) is 0 Å². The molecule has 0 aliphatic heterocycles. The molecular weight excluding hydrogens is 466 g/mol. The largest absolute Gasteiger partial charge is 0.487 e. The zero-order valence-corrected chi connectivity index (χ0v) is 22.1. The van der Waals surface area contributed by atoms with E-state index >= 15 is 0 Å². The molecule has 2 heterocycles. The number of fused-ring (bicyclic) bond motifs is 1. The number of aliphatic hydroxyl groups is 1. The smallest absolute Gasteiger partial charge is 0.410 e. The van der Waals surface area contributed by atoms with Crippen LogP contribution in [0, 0.1) is 0 Å². The first kappa shape index (κ1) is 26.2. The van der Waals surface area contributed by atoms with Crippen LogP contribution in [0.2, 0.25) is 0 Å². The van der Waals surface area contributed by atoms with Crippen LogP contribution >= 0.6 is 0 Å². The molecule has 2 N–H and O–H groups in total. The molecule has 37 heavy (non-hydrogen) atoms. The Morgan fingerprint density at radius 2 is 1.84 bits per heavy atom. The molecular formula is C30H35N3O4. The molecule has 0 aliphatic carbocycles.